The van der Waals surface area contributed by atoms with E-state index in [1.807, 2.05) is 0 Å². The first-order valence-corrected chi connectivity index (χ1v) is 10.9. The maximum atomic E-state index is 14.9. The Morgan fingerprint density at radius 1 is 0.543 bits per heavy atom. The molecule has 3 aromatic rings. The summed E-state index contributed by atoms with van der Waals surface area (Å²) in [6.07, 6.45) is -0.851. The van der Waals surface area contributed by atoms with Crippen LogP contribution in [-0.2, 0) is 3.43 Å². The summed E-state index contributed by atoms with van der Waals surface area (Å²) in [6.45, 7) is 0.974. The molecule has 3 radical (unpaired) electrons. The summed E-state index contributed by atoms with van der Waals surface area (Å²) in [6, 6.07) is -0.835. The molecule has 3 aromatic carbocycles. The predicted molar refractivity (Wildman–Crippen MR) is 98.4 cm³/mol. The summed E-state index contributed by atoms with van der Waals surface area (Å²) in [7, 11) is 0. The summed E-state index contributed by atoms with van der Waals surface area (Å²) < 4.78 is 170. The second-order valence-corrected chi connectivity index (χ2v) is 9.59. The molecule has 35 heavy (non-hydrogen) atoms. The van der Waals surface area contributed by atoms with E-state index in [9.17, 15) is 52.7 Å². The van der Waals surface area contributed by atoms with Gasteiger partial charge in [0.1, 0.15) is 0 Å². The molecule has 0 saturated carbocycles. The monoisotopic (exact) mass is 621 g/mol. The SMILES string of the molecule is CCC(c1c(F)c(F)cc(F)c1F)[C]([Sn])(c1c(F)c(F)cc(F)c1F)c1c(F)c(F)cc(F)c1F. The van der Waals surface area contributed by atoms with Crippen molar-refractivity contribution in [3.8, 4) is 0 Å². The van der Waals surface area contributed by atoms with Gasteiger partial charge in [-0.05, 0) is 0 Å². The molecule has 0 spiro atoms. The summed E-state index contributed by atoms with van der Waals surface area (Å²) >= 11 is -0.621. The molecule has 1 unspecified atom stereocenters. The van der Waals surface area contributed by atoms with Crippen LogP contribution in [0.3, 0.4) is 0 Å². The van der Waals surface area contributed by atoms with Crippen molar-refractivity contribution in [2.75, 3.05) is 0 Å². The Balaban J connectivity index is 2.65. The summed E-state index contributed by atoms with van der Waals surface area (Å²) in [5, 5.41) is 0. The molecular formula is C22H9F12Sn. The van der Waals surface area contributed by atoms with E-state index in [4.69, 9.17) is 0 Å². The van der Waals surface area contributed by atoms with E-state index in [1.54, 1.807) is 0 Å². The van der Waals surface area contributed by atoms with Gasteiger partial charge in [-0.3, -0.25) is 0 Å². The number of hydrogen-bond acceptors (Lipinski definition) is 0. The second kappa shape index (κ2) is 9.58. The minimum absolute atomic E-state index is 0.238. The fourth-order valence-corrected chi connectivity index (χ4v) is 6.18. The molecule has 13 heteroatoms. The standard InChI is InChI=1S/C22H9F12.Sn/c1-2-6(14-17(29)7(23)3-8(24)18(14)30)13(15-19(31)9(25)4-10(26)20(15)32)16-21(33)11(27)5-12(28)22(16)34;/h3-6H,2H2,1H3;. The van der Waals surface area contributed by atoms with E-state index in [-0.39, 0.29) is 18.2 Å². The molecule has 0 amide bonds. The molecule has 0 N–H and O–H groups in total. The number of halogens is 12. The molecule has 0 saturated heterocycles. The number of rotatable bonds is 5. The van der Waals surface area contributed by atoms with Crippen LogP contribution in [0.2, 0.25) is 0 Å². The van der Waals surface area contributed by atoms with Crippen molar-refractivity contribution in [1.29, 1.82) is 0 Å². The molecule has 0 aromatic heterocycles. The van der Waals surface area contributed by atoms with Crippen LogP contribution in [-0.4, -0.2) is 22.5 Å². The molecule has 0 fully saturated rings. The molecule has 0 heterocycles. The van der Waals surface area contributed by atoms with Crippen LogP contribution < -0.4 is 0 Å². The molecule has 0 aliphatic rings. The van der Waals surface area contributed by atoms with Crippen molar-refractivity contribution in [3.05, 3.63) is 105 Å². The van der Waals surface area contributed by atoms with E-state index in [1.165, 1.54) is 0 Å². The average molecular weight is 620 g/mol. The Morgan fingerprint density at radius 3 is 1.06 bits per heavy atom. The molecule has 0 nitrogen and oxygen atoms in total. The zero-order valence-electron chi connectivity index (χ0n) is 17.1. The first-order chi connectivity index (χ1) is 16.2. The van der Waals surface area contributed by atoms with Crippen molar-refractivity contribution in [3.63, 3.8) is 0 Å². The van der Waals surface area contributed by atoms with Gasteiger partial charge in [-0.1, -0.05) is 0 Å². The quantitative estimate of drug-likeness (QED) is 0.165. The van der Waals surface area contributed by atoms with Crippen LogP contribution in [0.15, 0.2) is 18.2 Å². The van der Waals surface area contributed by atoms with E-state index < -0.39 is 125 Å². The minimum atomic E-state index is -3.34. The van der Waals surface area contributed by atoms with Crippen molar-refractivity contribution < 1.29 is 52.7 Å². The molecule has 0 bridgehead atoms. The Bertz CT molecular complexity index is 1200. The zero-order valence-corrected chi connectivity index (χ0v) is 19.9. The van der Waals surface area contributed by atoms with Gasteiger partial charge in [0.05, 0.1) is 0 Å². The number of hydrogen-bond donors (Lipinski definition) is 0. The Morgan fingerprint density at radius 2 is 0.800 bits per heavy atom. The molecule has 0 aliphatic carbocycles. The van der Waals surface area contributed by atoms with Gasteiger partial charge in [-0.25, -0.2) is 0 Å². The van der Waals surface area contributed by atoms with Crippen molar-refractivity contribution in [2.45, 2.75) is 22.7 Å². The van der Waals surface area contributed by atoms with Crippen LogP contribution >= 0.6 is 0 Å². The van der Waals surface area contributed by atoms with Crippen LogP contribution in [0.25, 0.3) is 0 Å². The molecule has 1 atom stereocenters. The van der Waals surface area contributed by atoms with Crippen LogP contribution in [0.4, 0.5) is 52.7 Å². The van der Waals surface area contributed by atoms with Crippen molar-refractivity contribution >= 4 is 22.5 Å². The Hall–Kier alpha value is -2.38. The van der Waals surface area contributed by atoms with E-state index >= 15 is 0 Å². The van der Waals surface area contributed by atoms with Gasteiger partial charge in [0.25, 0.3) is 0 Å². The first kappa shape index (κ1) is 27.2. The Kier molecular flexibility index (Phi) is 7.45. The molecular weight excluding hydrogens is 611 g/mol. The zero-order chi connectivity index (χ0) is 26.6. The van der Waals surface area contributed by atoms with Crippen LogP contribution in [0.5, 0.6) is 0 Å². The van der Waals surface area contributed by atoms with Crippen molar-refractivity contribution in [1.82, 2.24) is 0 Å². The van der Waals surface area contributed by atoms with Gasteiger partial charge in [0.2, 0.25) is 0 Å². The molecule has 0 aliphatic heterocycles. The molecule has 3 rings (SSSR count). The third-order valence-electron chi connectivity index (χ3n) is 5.44. The predicted octanol–water partition coefficient (Wildman–Crippen LogP) is 6.96. The topological polar surface area (TPSA) is 0 Å². The number of benzene rings is 3. The third kappa shape index (κ3) is 4.16. The Labute approximate surface area is 202 Å². The van der Waals surface area contributed by atoms with Crippen molar-refractivity contribution in [2.24, 2.45) is 0 Å². The average Bonchev–Trinajstić information content (AvgIpc) is 2.78. The van der Waals surface area contributed by atoms with Gasteiger partial charge < -0.3 is 0 Å². The van der Waals surface area contributed by atoms with E-state index in [0.29, 0.717) is 0 Å². The maximum absolute atomic E-state index is 14.9. The summed E-state index contributed by atoms with van der Waals surface area (Å²) in [5.41, 5.74) is -5.45. The fraction of sp³-hybridized carbons (Fsp3) is 0.182. The van der Waals surface area contributed by atoms with Gasteiger partial charge >= 0.3 is 203 Å². The van der Waals surface area contributed by atoms with Gasteiger partial charge in [-0.2, -0.15) is 0 Å². The summed E-state index contributed by atoms with van der Waals surface area (Å²) in [5.74, 6) is -28.7. The van der Waals surface area contributed by atoms with E-state index in [2.05, 4.69) is 0 Å². The van der Waals surface area contributed by atoms with E-state index in [0.717, 1.165) is 6.92 Å². The first-order valence-electron chi connectivity index (χ1n) is 9.44. The summed E-state index contributed by atoms with van der Waals surface area (Å²) in [4.78, 5) is 0. The van der Waals surface area contributed by atoms with Gasteiger partial charge in [0, 0.05) is 0 Å². The van der Waals surface area contributed by atoms with Gasteiger partial charge in [-0.15, -0.1) is 0 Å². The second-order valence-electron chi connectivity index (χ2n) is 7.34. The van der Waals surface area contributed by atoms with Gasteiger partial charge in [0.15, 0.2) is 0 Å². The fourth-order valence-electron chi connectivity index (χ4n) is 3.94. The normalized spacial score (nSPS) is 12.9. The van der Waals surface area contributed by atoms with Crippen LogP contribution in [0, 0.1) is 69.8 Å². The van der Waals surface area contributed by atoms with Crippen LogP contribution in [0.1, 0.15) is 36.0 Å². The third-order valence-corrected chi connectivity index (χ3v) is 7.86. The molecule has 185 valence electrons.